The van der Waals surface area contributed by atoms with Crippen LogP contribution in [0.25, 0.3) is 5.57 Å². The van der Waals surface area contributed by atoms with Crippen LogP contribution in [0.4, 0.5) is 0 Å². The summed E-state index contributed by atoms with van der Waals surface area (Å²) in [5.74, 6) is 0. The molecule has 0 amide bonds. The van der Waals surface area contributed by atoms with Crippen molar-refractivity contribution in [3.8, 4) is 0 Å². The summed E-state index contributed by atoms with van der Waals surface area (Å²) in [7, 11) is 0. The molecule has 1 aromatic rings. The molecule has 0 heterocycles. The minimum Gasteiger partial charge on any atom is -0.308 e. The fourth-order valence-electron chi connectivity index (χ4n) is 1.50. The van der Waals surface area contributed by atoms with Crippen LogP contribution in [-0.2, 0) is 0 Å². The van der Waals surface area contributed by atoms with Gasteiger partial charge in [0.25, 0.3) is 0 Å². The molecule has 1 N–H and O–H groups in total. The monoisotopic (exact) mass is 231 g/mol. The van der Waals surface area contributed by atoms with Crippen molar-refractivity contribution in [1.82, 2.24) is 0 Å². The van der Waals surface area contributed by atoms with Gasteiger partial charge in [0, 0.05) is 11.1 Å². The summed E-state index contributed by atoms with van der Waals surface area (Å²) in [5.41, 5.74) is 3.35. The van der Waals surface area contributed by atoms with Crippen molar-refractivity contribution < 1.29 is 0 Å². The standard InChI is InChI=1S/C14H17NS/c1-3-4-8-13(14(16)10-15)12-9-6-5-7-11(12)2/h4-10,15-16H,3H2,1-2H3/b8-4-,14-13-,15-10?. The molecule has 0 bridgehead atoms. The zero-order valence-electron chi connectivity index (χ0n) is 9.70. The maximum absolute atomic E-state index is 7.30. The van der Waals surface area contributed by atoms with Crippen molar-refractivity contribution >= 4 is 24.4 Å². The average Bonchev–Trinajstić information content (AvgIpc) is 2.31. The molecule has 2 heteroatoms. The molecule has 1 aromatic carbocycles. The summed E-state index contributed by atoms with van der Waals surface area (Å²) in [6.07, 6.45) is 6.39. The van der Waals surface area contributed by atoms with E-state index in [1.807, 2.05) is 18.2 Å². The third-order valence-corrected chi connectivity index (χ3v) is 2.74. The first-order valence-electron chi connectivity index (χ1n) is 5.37. The zero-order chi connectivity index (χ0) is 12.0. The molecular weight excluding hydrogens is 214 g/mol. The van der Waals surface area contributed by atoms with Crippen LogP contribution < -0.4 is 0 Å². The van der Waals surface area contributed by atoms with E-state index in [0.29, 0.717) is 4.91 Å². The van der Waals surface area contributed by atoms with Crippen LogP contribution in [0.5, 0.6) is 0 Å². The molecule has 0 aromatic heterocycles. The molecule has 0 aliphatic heterocycles. The SMILES string of the molecule is CC/C=C\C(=C(\S)C=N)c1ccccc1C. The Balaban J connectivity index is 3.28. The number of hydrogen-bond donors (Lipinski definition) is 2. The highest BCUT2D eigenvalue weighted by Gasteiger charge is 2.04. The maximum Gasteiger partial charge on any atom is 0.0317 e. The van der Waals surface area contributed by atoms with Gasteiger partial charge in [0.05, 0.1) is 0 Å². The molecular formula is C14H17NS. The number of rotatable bonds is 4. The van der Waals surface area contributed by atoms with Crippen molar-refractivity contribution in [2.24, 2.45) is 0 Å². The molecule has 84 valence electrons. The molecule has 0 radical (unpaired) electrons. The van der Waals surface area contributed by atoms with Gasteiger partial charge < -0.3 is 5.41 Å². The van der Waals surface area contributed by atoms with Gasteiger partial charge in [-0.1, -0.05) is 43.3 Å². The van der Waals surface area contributed by atoms with Crippen LogP contribution in [0.2, 0.25) is 0 Å². The Labute approximate surface area is 103 Å². The van der Waals surface area contributed by atoms with Crippen molar-refractivity contribution in [2.45, 2.75) is 20.3 Å². The average molecular weight is 231 g/mol. The summed E-state index contributed by atoms with van der Waals surface area (Å²) in [5, 5.41) is 7.30. The van der Waals surface area contributed by atoms with Gasteiger partial charge in [-0.3, -0.25) is 0 Å². The highest BCUT2D eigenvalue weighted by molar-refractivity contribution is 7.85. The first-order chi connectivity index (χ1) is 7.70. The highest BCUT2D eigenvalue weighted by Crippen LogP contribution is 2.24. The van der Waals surface area contributed by atoms with Crippen LogP contribution in [0.3, 0.4) is 0 Å². The Morgan fingerprint density at radius 3 is 2.62 bits per heavy atom. The van der Waals surface area contributed by atoms with Gasteiger partial charge >= 0.3 is 0 Å². The summed E-state index contributed by atoms with van der Waals surface area (Å²) in [6, 6.07) is 8.15. The number of nitrogens with one attached hydrogen (secondary N) is 1. The lowest BCUT2D eigenvalue weighted by Gasteiger charge is -2.08. The Morgan fingerprint density at radius 1 is 1.38 bits per heavy atom. The van der Waals surface area contributed by atoms with E-state index in [9.17, 15) is 0 Å². The summed E-state index contributed by atoms with van der Waals surface area (Å²) in [6.45, 7) is 4.16. The van der Waals surface area contributed by atoms with Crippen molar-refractivity contribution in [3.63, 3.8) is 0 Å². The fraction of sp³-hybridized carbons (Fsp3) is 0.214. The normalized spacial score (nSPS) is 12.7. The van der Waals surface area contributed by atoms with Crippen LogP contribution in [0.1, 0.15) is 24.5 Å². The van der Waals surface area contributed by atoms with E-state index in [4.69, 9.17) is 5.41 Å². The minimum atomic E-state index is 0.694. The Kier molecular flexibility index (Phi) is 5.06. The Bertz CT molecular complexity index is 430. The molecule has 0 fully saturated rings. The fourth-order valence-corrected chi connectivity index (χ4v) is 1.70. The molecule has 16 heavy (non-hydrogen) atoms. The lowest BCUT2D eigenvalue weighted by Crippen LogP contribution is -1.89. The minimum absolute atomic E-state index is 0.694. The number of allylic oxidation sites excluding steroid dienone is 4. The molecule has 1 nitrogen and oxygen atoms in total. The summed E-state index contributed by atoms with van der Waals surface area (Å²) in [4.78, 5) is 0.694. The van der Waals surface area contributed by atoms with E-state index in [2.05, 4.69) is 44.7 Å². The number of thiol groups is 1. The van der Waals surface area contributed by atoms with Gasteiger partial charge in [0.1, 0.15) is 0 Å². The topological polar surface area (TPSA) is 23.9 Å². The van der Waals surface area contributed by atoms with Crippen LogP contribution in [0.15, 0.2) is 41.3 Å². The van der Waals surface area contributed by atoms with E-state index in [1.165, 1.54) is 11.8 Å². The van der Waals surface area contributed by atoms with E-state index in [0.717, 1.165) is 17.6 Å². The van der Waals surface area contributed by atoms with Gasteiger partial charge in [-0.15, -0.1) is 12.6 Å². The van der Waals surface area contributed by atoms with Gasteiger partial charge in [-0.05, 0) is 30.0 Å². The molecule has 0 aliphatic rings. The van der Waals surface area contributed by atoms with E-state index < -0.39 is 0 Å². The van der Waals surface area contributed by atoms with E-state index >= 15 is 0 Å². The lowest BCUT2D eigenvalue weighted by molar-refractivity contribution is 1.22. The molecule has 0 atom stereocenters. The first-order valence-corrected chi connectivity index (χ1v) is 5.81. The Hall–Kier alpha value is -1.28. The van der Waals surface area contributed by atoms with Crippen LogP contribution in [0, 0.1) is 12.3 Å². The molecule has 0 saturated heterocycles. The second-order valence-corrected chi connectivity index (χ2v) is 4.05. The third kappa shape index (κ3) is 3.11. The van der Waals surface area contributed by atoms with Crippen LogP contribution in [-0.4, -0.2) is 6.21 Å². The summed E-state index contributed by atoms with van der Waals surface area (Å²) < 4.78 is 0. The molecule has 0 saturated carbocycles. The quantitative estimate of drug-likeness (QED) is 0.440. The molecule has 0 spiro atoms. The second-order valence-electron chi connectivity index (χ2n) is 3.57. The molecule has 0 unspecified atom stereocenters. The number of aryl methyl sites for hydroxylation is 1. The summed E-state index contributed by atoms with van der Waals surface area (Å²) >= 11 is 4.34. The Morgan fingerprint density at radius 2 is 2.06 bits per heavy atom. The highest BCUT2D eigenvalue weighted by atomic mass is 32.1. The van der Waals surface area contributed by atoms with Gasteiger partial charge in [-0.25, -0.2) is 0 Å². The predicted molar refractivity (Wildman–Crippen MR) is 75.3 cm³/mol. The van der Waals surface area contributed by atoms with E-state index in [1.54, 1.807) is 0 Å². The van der Waals surface area contributed by atoms with Gasteiger partial charge in [0.2, 0.25) is 0 Å². The van der Waals surface area contributed by atoms with Crippen molar-refractivity contribution in [2.75, 3.05) is 0 Å². The zero-order valence-corrected chi connectivity index (χ0v) is 10.6. The van der Waals surface area contributed by atoms with Crippen molar-refractivity contribution in [1.29, 1.82) is 5.41 Å². The van der Waals surface area contributed by atoms with Gasteiger partial charge in [-0.2, -0.15) is 0 Å². The smallest absolute Gasteiger partial charge is 0.0317 e. The molecule has 0 aliphatic carbocycles. The van der Waals surface area contributed by atoms with Gasteiger partial charge in [0.15, 0.2) is 0 Å². The second kappa shape index (κ2) is 6.33. The first kappa shape index (κ1) is 12.8. The number of benzene rings is 1. The van der Waals surface area contributed by atoms with E-state index in [-0.39, 0.29) is 0 Å². The third-order valence-electron chi connectivity index (χ3n) is 2.37. The van der Waals surface area contributed by atoms with Crippen molar-refractivity contribution in [3.05, 3.63) is 52.4 Å². The van der Waals surface area contributed by atoms with Crippen LogP contribution >= 0.6 is 12.6 Å². The largest absolute Gasteiger partial charge is 0.308 e. The lowest BCUT2D eigenvalue weighted by atomic mass is 9.99. The maximum atomic E-state index is 7.30. The molecule has 1 rings (SSSR count). The predicted octanol–water partition coefficient (Wildman–Crippen LogP) is 4.25. The number of hydrogen-bond acceptors (Lipinski definition) is 2.